The zero-order valence-corrected chi connectivity index (χ0v) is 17.1. The van der Waals surface area contributed by atoms with Crippen molar-refractivity contribution in [1.29, 1.82) is 0 Å². The SMILES string of the molecule is CN(C)C(=O)CN1CCCN(C(=O)CN2C(=O)COc3ccc([N+](=O)[O-])cc32)CC1. The minimum atomic E-state index is -0.558. The van der Waals surface area contributed by atoms with Gasteiger partial charge in [-0.15, -0.1) is 0 Å². The average Bonchev–Trinajstić information content (AvgIpc) is 2.95. The number of ether oxygens (including phenoxy) is 1. The van der Waals surface area contributed by atoms with E-state index in [1.165, 1.54) is 28.0 Å². The quantitative estimate of drug-likeness (QED) is 0.485. The van der Waals surface area contributed by atoms with Crippen LogP contribution in [0.1, 0.15) is 6.42 Å². The first kappa shape index (κ1) is 21.5. The Bertz CT molecular complexity index is 858. The third-order valence-electron chi connectivity index (χ3n) is 5.19. The highest BCUT2D eigenvalue weighted by atomic mass is 16.6. The summed E-state index contributed by atoms with van der Waals surface area (Å²) in [5, 5.41) is 11.1. The van der Waals surface area contributed by atoms with Gasteiger partial charge in [0, 0.05) is 52.4 Å². The number of nitrogens with zero attached hydrogens (tertiary/aromatic N) is 5. The van der Waals surface area contributed by atoms with Crippen molar-refractivity contribution in [1.82, 2.24) is 14.7 Å². The molecule has 0 aliphatic carbocycles. The van der Waals surface area contributed by atoms with Gasteiger partial charge in [-0.05, 0) is 12.5 Å². The van der Waals surface area contributed by atoms with Gasteiger partial charge < -0.3 is 14.5 Å². The van der Waals surface area contributed by atoms with Crippen LogP contribution in [-0.4, -0.2) is 97.3 Å². The van der Waals surface area contributed by atoms with Crippen molar-refractivity contribution in [3.8, 4) is 5.75 Å². The predicted octanol–water partition coefficient (Wildman–Crippen LogP) is -0.0573. The van der Waals surface area contributed by atoms with Gasteiger partial charge in [0.15, 0.2) is 6.61 Å². The van der Waals surface area contributed by atoms with E-state index in [4.69, 9.17) is 4.74 Å². The molecule has 0 spiro atoms. The second kappa shape index (κ2) is 9.08. The number of hydrogen-bond acceptors (Lipinski definition) is 7. The highest BCUT2D eigenvalue weighted by Crippen LogP contribution is 2.35. The Morgan fingerprint density at radius 1 is 1.17 bits per heavy atom. The molecule has 11 nitrogen and oxygen atoms in total. The van der Waals surface area contributed by atoms with E-state index in [1.807, 2.05) is 4.90 Å². The molecule has 0 unspecified atom stereocenters. The maximum absolute atomic E-state index is 12.9. The van der Waals surface area contributed by atoms with Gasteiger partial charge in [0.05, 0.1) is 17.2 Å². The predicted molar refractivity (Wildman–Crippen MR) is 107 cm³/mol. The first-order valence-corrected chi connectivity index (χ1v) is 9.68. The molecule has 2 heterocycles. The lowest BCUT2D eigenvalue weighted by Crippen LogP contribution is -2.47. The summed E-state index contributed by atoms with van der Waals surface area (Å²) >= 11 is 0. The fourth-order valence-electron chi connectivity index (χ4n) is 3.42. The highest BCUT2D eigenvalue weighted by Gasteiger charge is 2.31. The maximum atomic E-state index is 12.9. The van der Waals surface area contributed by atoms with Crippen molar-refractivity contribution in [2.45, 2.75) is 6.42 Å². The largest absolute Gasteiger partial charge is 0.482 e. The second-order valence-corrected chi connectivity index (χ2v) is 7.48. The smallest absolute Gasteiger partial charge is 0.271 e. The lowest BCUT2D eigenvalue weighted by Gasteiger charge is -2.30. The molecule has 2 aliphatic rings. The third-order valence-corrected chi connectivity index (χ3v) is 5.19. The molecule has 3 amide bonds. The molecule has 1 aromatic rings. The molecule has 162 valence electrons. The van der Waals surface area contributed by atoms with Crippen LogP contribution in [0.5, 0.6) is 5.75 Å². The zero-order chi connectivity index (χ0) is 21.8. The molecule has 2 aliphatic heterocycles. The van der Waals surface area contributed by atoms with Crippen LogP contribution in [0, 0.1) is 10.1 Å². The van der Waals surface area contributed by atoms with Gasteiger partial charge in [0.2, 0.25) is 11.8 Å². The van der Waals surface area contributed by atoms with Crippen LogP contribution in [0.3, 0.4) is 0 Å². The summed E-state index contributed by atoms with van der Waals surface area (Å²) in [5.74, 6) is -0.336. The van der Waals surface area contributed by atoms with Crippen molar-refractivity contribution < 1.29 is 24.0 Å². The van der Waals surface area contributed by atoms with Crippen molar-refractivity contribution in [3.05, 3.63) is 28.3 Å². The van der Waals surface area contributed by atoms with Crippen LogP contribution in [0.25, 0.3) is 0 Å². The molecule has 0 radical (unpaired) electrons. The van der Waals surface area contributed by atoms with Gasteiger partial charge in [0.1, 0.15) is 12.3 Å². The van der Waals surface area contributed by atoms with E-state index in [1.54, 1.807) is 19.0 Å². The minimum Gasteiger partial charge on any atom is -0.482 e. The van der Waals surface area contributed by atoms with E-state index in [-0.39, 0.29) is 36.3 Å². The molecule has 0 N–H and O–H groups in total. The molecular weight excluding hydrogens is 394 g/mol. The molecule has 1 fully saturated rings. The van der Waals surface area contributed by atoms with Crippen LogP contribution in [-0.2, 0) is 14.4 Å². The molecule has 0 saturated carbocycles. The van der Waals surface area contributed by atoms with E-state index in [2.05, 4.69) is 0 Å². The third kappa shape index (κ3) is 4.85. The van der Waals surface area contributed by atoms with Gasteiger partial charge in [-0.3, -0.25) is 34.3 Å². The molecule has 11 heteroatoms. The fourth-order valence-corrected chi connectivity index (χ4v) is 3.42. The standard InChI is InChI=1S/C19H25N5O6/c1-20(2)17(25)11-21-6-3-7-22(9-8-21)18(26)12-23-15-10-14(24(28)29)4-5-16(15)30-13-19(23)27/h4-5,10H,3,6-9,11-13H2,1-2H3. The molecule has 3 rings (SSSR count). The minimum absolute atomic E-state index is 0.00638. The van der Waals surface area contributed by atoms with Crippen LogP contribution in [0.15, 0.2) is 18.2 Å². The summed E-state index contributed by atoms with van der Waals surface area (Å²) in [6.07, 6.45) is 0.714. The molecule has 0 bridgehead atoms. The number of rotatable bonds is 5. The van der Waals surface area contributed by atoms with Gasteiger partial charge in [-0.25, -0.2) is 0 Å². The summed E-state index contributed by atoms with van der Waals surface area (Å²) < 4.78 is 5.34. The Morgan fingerprint density at radius 2 is 1.93 bits per heavy atom. The van der Waals surface area contributed by atoms with Crippen molar-refractivity contribution >= 4 is 29.1 Å². The Balaban J connectivity index is 1.67. The number of nitro benzene ring substituents is 1. The number of likely N-dealkylation sites (N-methyl/N-ethyl adjacent to an activating group) is 1. The lowest BCUT2D eigenvalue weighted by atomic mass is 10.2. The molecular formula is C19H25N5O6. The normalized spacial score (nSPS) is 17.1. The number of benzene rings is 1. The number of carbonyl (C=O) groups excluding carboxylic acids is 3. The molecule has 1 aromatic carbocycles. The van der Waals surface area contributed by atoms with E-state index in [9.17, 15) is 24.5 Å². The summed E-state index contributed by atoms with van der Waals surface area (Å²) in [7, 11) is 3.41. The number of hydrogen-bond donors (Lipinski definition) is 0. The van der Waals surface area contributed by atoms with Crippen LogP contribution in [0.2, 0.25) is 0 Å². The highest BCUT2D eigenvalue weighted by molar-refractivity contribution is 6.02. The number of fused-ring (bicyclic) bond motifs is 1. The van der Waals surface area contributed by atoms with Crippen LogP contribution in [0.4, 0.5) is 11.4 Å². The van der Waals surface area contributed by atoms with Gasteiger partial charge in [0.25, 0.3) is 11.6 Å². The summed E-state index contributed by atoms with van der Waals surface area (Å²) in [4.78, 5) is 54.2. The van der Waals surface area contributed by atoms with E-state index < -0.39 is 10.8 Å². The van der Waals surface area contributed by atoms with E-state index >= 15 is 0 Å². The number of anilines is 1. The van der Waals surface area contributed by atoms with Gasteiger partial charge >= 0.3 is 0 Å². The van der Waals surface area contributed by atoms with Crippen molar-refractivity contribution in [3.63, 3.8) is 0 Å². The van der Waals surface area contributed by atoms with E-state index in [0.717, 1.165) is 0 Å². The van der Waals surface area contributed by atoms with Gasteiger partial charge in [-0.1, -0.05) is 0 Å². The molecule has 1 saturated heterocycles. The number of nitro groups is 1. The second-order valence-electron chi connectivity index (χ2n) is 7.48. The number of carbonyl (C=O) groups is 3. The van der Waals surface area contributed by atoms with Gasteiger partial charge in [-0.2, -0.15) is 0 Å². The zero-order valence-electron chi connectivity index (χ0n) is 17.1. The summed E-state index contributed by atoms with van der Waals surface area (Å²) in [6.45, 7) is 2.09. The maximum Gasteiger partial charge on any atom is 0.271 e. The summed E-state index contributed by atoms with van der Waals surface area (Å²) in [5.41, 5.74) is 0.0438. The van der Waals surface area contributed by atoms with E-state index in [0.29, 0.717) is 44.9 Å². The lowest BCUT2D eigenvalue weighted by molar-refractivity contribution is -0.384. The topological polar surface area (TPSA) is 117 Å². The number of non-ortho nitro benzene ring substituents is 1. The Morgan fingerprint density at radius 3 is 2.63 bits per heavy atom. The molecule has 0 atom stereocenters. The first-order valence-electron chi connectivity index (χ1n) is 9.68. The molecule has 30 heavy (non-hydrogen) atoms. The Kier molecular flexibility index (Phi) is 6.50. The monoisotopic (exact) mass is 419 g/mol. The fraction of sp³-hybridized carbons (Fsp3) is 0.526. The number of amides is 3. The molecule has 0 aromatic heterocycles. The van der Waals surface area contributed by atoms with Crippen LogP contribution < -0.4 is 9.64 Å². The Hall–Kier alpha value is -3.21. The first-order chi connectivity index (χ1) is 14.3. The average molecular weight is 419 g/mol. The van der Waals surface area contributed by atoms with Crippen molar-refractivity contribution in [2.75, 3.05) is 64.9 Å². The van der Waals surface area contributed by atoms with Crippen LogP contribution >= 0.6 is 0 Å². The van der Waals surface area contributed by atoms with Crippen molar-refractivity contribution in [2.24, 2.45) is 0 Å². The summed E-state index contributed by atoms with van der Waals surface area (Å²) in [6, 6.07) is 3.98. The Labute approximate surface area is 173 Å².